The van der Waals surface area contributed by atoms with E-state index in [1.54, 1.807) is 6.07 Å². The lowest BCUT2D eigenvalue weighted by Gasteiger charge is -2.14. The van der Waals surface area contributed by atoms with Crippen molar-refractivity contribution < 1.29 is 4.74 Å². The third-order valence-corrected chi connectivity index (χ3v) is 3.71. The van der Waals surface area contributed by atoms with Crippen LogP contribution in [-0.2, 0) is 6.61 Å². The summed E-state index contributed by atoms with van der Waals surface area (Å²) in [5, 5.41) is 12.8. The van der Waals surface area contributed by atoms with Crippen LogP contribution in [0.3, 0.4) is 0 Å². The van der Waals surface area contributed by atoms with Gasteiger partial charge in [-0.3, -0.25) is 0 Å². The third-order valence-electron chi connectivity index (χ3n) is 3.41. The Hall–Kier alpha value is -2.02. The molecular formula is C17H17ClN2O. The molecule has 0 aliphatic rings. The topological polar surface area (TPSA) is 45.0 Å². The van der Waals surface area contributed by atoms with E-state index in [1.165, 1.54) is 0 Å². The van der Waals surface area contributed by atoms with Gasteiger partial charge >= 0.3 is 0 Å². The minimum absolute atomic E-state index is 0.232. The fourth-order valence-electron chi connectivity index (χ4n) is 1.98. The van der Waals surface area contributed by atoms with E-state index in [2.05, 4.69) is 18.3 Å². The number of nitrogens with one attached hydrogen (secondary N) is 1. The van der Waals surface area contributed by atoms with Gasteiger partial charge in [-0.15, -0.1) is 0 Å². The fourth-order valence-corrected chi connectivity index (χ4v) is 2.22. The van der Waals surface area contributed by atoms with E-state index in [0.717, 1.165) is 11.1 Å². The Labute approximate surface area is 130 Å². The van der Waals surface area contributed by atoms with Crippen molar-refractivity contribution in [1.29, 1.82) is 5.26 Å². The number of ether oxygens (including phenoxy) is 1. The van der Waals surface area contributed by atoms with Crippen molar-refractivity contribution in [1.82, 2.24) is 5.32 Å². The smallest absolute Gasteiger partial charge is 0.138 e. The van der Waals surface area contributed by atoms with Crippen LogP contribution < -0.4 is 10.1 Å². The molecule has 1 unspecified atom stereocenters. The Morgan fingerprint density at radius 1 is 1.29 bits per heavy atom. The van der Waals surface area contributed by atoms with Gasteiger partial charge in [-0.05, 0) is 37.7 Å². The van der Waals surface area contributed by atoms with Crippen LogP contribution in [0.15, 0.2) is 42.5 Å². The highest BCUT2D eigenvalue weighted by Crippen LogP contribution is 2.28. The van der Waals surface area contributed by atoms with Gasteiger partial charge < -0.3 is 10.1 Å². The summed E-state index contributed by atoms with van der Waals surface area (Å²) in [6, 6.07) is 15.5. The average molecular weight is 301 g/mol. The van der Waals surface area contributed by atoms with Gasteiger partial charge in [0, 0.05) is 11.6 Å². The lowest BCUT2D eigenvalue weighted by molar-refractivity contribution is 0.306. The van der Waals surface area contributed by atoms with Gasteiger partial charge in [0.25, 0.3) is 0 Å². The summed E-state index contributed by atoms with van der Waals surface area (Å²) >= 11 is 6.25. The molecule has 0 fully saturated rings. The Bertz CT molecular complexity index is 664. The zero-order chi connectivity index (χ0) is 15.2. The van der Waals surface area contributed by atoms with Gasteiger partial charge in [0.05, 0.1) is 16.7 Å². The second-order valence-electron chi connectivity index (χ2n) is 4.76. The summed E-state index contributed by atoms with van der Waals surface area (Å²) in [5.41, 5.74) is 2.57. The molecule has 0 spiro atoms. The maximum absolute atomic E-state index is 9.06. The van der Waals surface area contributed by atoms with Crippen molar-refractivity contribution >= 4 is 11.6 Å². The fraction of sp³-hybridized carbons (Fsp3) is 0.235. The van der Waals surface area contributed by atoms with E-state index in [-0.39, 0.29) is 6.04 Å². The van der Waals surface area contributed by atoms with Crippen LogP contribution in [0.4, 0.5) is 0 Å². The molecule has 21 heavy (non-hydrogen) atoms. The number of rotatable bonds is 5. The van der Waals surface area contributed by atoms with Crippen molar-refractivity contribution in [2.75, 3.05) is 7.05 Å². The predicted molar refractivity (Wildman–Crippen MR) is 84.4 cm³/mol. The SMILES string of the molecule is CNC(C)c1ccc(OCc2ccccc2C#N)c(Cl)c1. The van der Waals surface area contributed by atoms with Crippen LogP contribution in [0.25, 0.3) is 0 Å². The summed E-state index contributed by atoms with van der Waals surface area (Å²) < 4.78 is 5.73. The molecule has 0 bridgehead atoms. The molecule has 2 aromatic rings. The van der Waals surface area contributed by atoms with Crippen LogP contribution in [0.5, 0.6) is 5.75 Å². The number of hydrogen-bond donors (Lipinski definition) is 1. The highest BCUT2D eigenvalue weighted by molar-refractivity contribution is 6.32. The van der Waals surface area contributed by atoms with Crippen molar-refractivity contribution in [3.8, 4) is 11.8 Å². The quantitative estimate of drug-likeness (QED) is 0.905. The summed E-state index contributed by atoms with van der Waals surface area (Å²) in [7, 11) is 1.90. The molecule has 0 radical (unpaired) electrons. The highest BCUT2D eigenvalue weighted by Gasteiger charge is 2.08. The number of nitrogens with zero attached hydrogens (tertiary/aromatic N) is 1. The van der Waals surface area contributed by atoms with E-state index in [1.807, 2.05) is 43.4 Å². The van der Waals surface area contributed by atoms with Gasteiger partial charge in [0.1, 0.15) is 12.4 Å². The normalized spacial score (nSPS) is 11.7. The Balaban J connectivity index is 2.12. The van der Waals surface area contributed by atoms with Crippen LogP contribution in [0, 0.1) is 11.3 Å². The molecule has 0 aliphatic carbocycles. The molecule has 0 aliphatic heterocycles. The molecule has 1 N–H and O–H groups in total. The molecule has 0 saturated heterocycles. The molecule has 2 rings (SSSR count). The van der Waals surface area contributed by atoms with Gasteiger partial charge in [-0.1, -0.05) is 35.9 Å². The molecule has 0 aromatic heterocycles. The molecule has 2 aromatic carbocycles. The summed E-state index contributed by atoms with van der Waals surface area (Å²) in [4.78, 5) is 0. The van der Waals surface area contributed by atoms with Gasteiger partial charge in [-0.25, -0.2) is 0 Å². The van der Waals surface area contributed by atoms with Crippen molar-refractivity contribution in [2.45, 2.75) is 19.6 Å². The largest absolute Gasteiger partial charge is 0.487 e. The lowest BCUT2D eigenvalue weighted by atomic mass is 10.1. The molecule has 1 atom stereocenters. The molecule has 0 amide bonds. The van der Waals surface area contributed by atoms with E-state index >= 15 is 0 Å². The molecule has 108 valence electrons. The first-order valence-electron chi connectivity index (χ1n) is 6.73. The minimum atomic E-state index is 0.232. The number of benzene rings is 2. The zero-order valence-corrected chi connectivity index (χ0v) is 12.8. The average Bonchev–Trinajstić information content (AvgIpc) is 2.53. The monoisotopic (exact) mass is 300 g/mol. The lowest BCUT2D eigenvalue weighted by Crippen LogP contribution is -2.12. The maximum atomic E-state index is 9.06. The van der Waals surface area contributed by atoms with E-state index in [0.29, 0.717) is 22.9 Å². The van der Waals surface area contributed by atoms with Crippen molar-refractivity contribution in [2.24, 2.45) is 0 Å². The molecule has 0 heterocycles. The number of halogens is 1. The molecule has 0 saturated carbocycles. The predicted octanol–water partition coefficient (Wildman–Crippen LogP) is 4.07. The van der Waals surface area contributed by atoms with E-state index in [9.17, 15) is 0 Å². The highest BCUT2D eigenvalue weighted by atomic mass is 35.5. The maximum Gasteiger partial charge on any atom is 0.138 e. The second kappa shape index (κ2) is 7.12. The van der Waals surface area contributed by atoms with Crippen LogP contribution in [0.2, 0.25) is 5.02 Å². The zero-order valence-electron chi connectivity index (χ0n) is 12.1. The van der Waals surface area contributed by atoms with Crippen LogP contribution in [0.1, 0.15) is 29.7 Å². The first kappa shape index (κ1) is 15.4. The van der Waals surface area contributed by atoms with Gasteiger partial charge in [-0.2, -0.15) is 5.26 Å². The minimum Gasteiger partial charge on any atom is -0.487 e. The third kappa shape index (κ3) is 3.75. The second-order valence-corrected chi connectivity index (χ2v) is 5.17. The molecule has 4 heteroatoms. The van der Waals surface area contributed by atoms with Crippen LogP contribution in [-0.4, -0.2) is 7.05 Å². The Kier molecular flexibility index (Phi) is 5.21. The van der Waals surface area contributed by atoms with Gasteiger partial charge in [0.15, 0.2) is 0 Å². The summed E-state index contributed by atoms with van der Waals surface area (Å²) in [6.45, 7) is 2.39. The number of hydrogen-bond acceptors (Lipinski definition) is 3. The van der Waals surface area contributed by atoms with E-state index < -0.39 is 0 Å². The standard InChI is InChI=1S/C17H17ClN2O/c1-12(20-2)13-7-8-17(16(18)9-13)21-11-15-6-4-3-5-14(15)10-19/h3-9,12,20H,11H2,1-2H3. The van der Waals surface area contributed by atoms with Crippen LogP contribution >= 0.6 is 11.6 Å². The Morgan fingerprint density at radius 2 is 2.05 bits per heavy atom. The number of nitriles is 1. The molecular weight excluding hydrogens is 284 g/mol. The first-order chi connectivity index (χ1) is 10.2. The van der Waals surface area contributed by atoms with Crippen molar-refractivity contribution in [3.05, 3.63) is 64.2 Å². The Morgan fingerprint density at radius 3 is 2.71 bits per heavy atom. The van der Waals surface area contributed by atoms with E-state index in [4.69, 9.17) is 21.6 Å². The molecule has 3 nitrogen and oxygen atoms in total. The van der Waals surface area contributed by atoms with Crippen molar-refractivity contribution in [3.63, 3.8) is 0 Å². The van der Waals surface area contributed by atoms with Gasteiger partial charge in [0.2, 0.25) is 0 Å². The first-order valence-corrected chi connectivity index (χ1v) is 7.11. The summed E-state index contributed by atoms with van der Waals surface area (Å²) in [5.74, 6) is 0.622. The summed E-state index contributed by atoms with van der Waals surface area (Å²) in [6.07, 6.45) is 0.